The molecule has 2 heterocycles. The van der Waals surface area contributed by atoms with Crippen LogP contribution in [0.5, 0.6) is 0 Å². The lowest BCUT2D eigenvalue weighted by Gasteiger charge is -2.49. The highest BCUT2D eigenvalue weighted by atomic mass is 16.5. The molecule has 2 atom stereocenters. The van der Waals surface area contributed by atoms with Crippen LogP contribution in [0.1, 0.15) is 51.9 Å². The van der Waals surface area contributed by atoms with Crippen LogP contribution in [0.3, 0.4) is 0 Å². The Morgan fingerprint density at radius 1 is 1.20 bits per heavy atom. The number of hydrogen-bond acceptors (Lipinski definition) is 3. The topological polar surface area (TPSA) is 15.7 Å². The van der Waals surface area contributed by atoms with Gasteiger partial charge in [-0.15, -0.1) is 0 Å². The Labute approximate surface area is 124 Å². The number of nitrogens with zero attached hydrogens (tertiary/aromatic N) is 2. The van der Waals surface area contributed by atoms with Gasteiger partial charge in [-0.1, -0.05) is 13.3 Å². The molecule has 2 saturated heterocycles. The normalized spacial score (nSPS) is 33.9. The van der Waals surface area contributed by atoms with Gasteiger partial charge in [-0.25, -0.2) is 0 Å². The molecule has 0 aromatic carbocycles. The molecule has 2 aliphatic heterocycles. The molecule has 0 amide bonds. The second-order valence-electron chi connectivity index (χ2n) is 7.38. The molecule has 3 aliphatic rings. The number of hydrogen-bond donors (Lipinski definition) is 0. The summed E-state index contributed by atoms with van der Waals surface area (Å²) < 4.78 is 5.32. The van der Waals surface area contributed by atoms with Gasteiger partial charge in [-0.2, -0.15) is 0 Å². The average Bonchev–Trinajstić information content (AvgIpc) is 3.24. The van der Waals surface area contributed by atoms with E-state index in [1.54, 1.807) is 0 Å². The van der Waals surface area contributed by atoms with Crippen molar-refractivity contribution in [2.45, 2.75) is 64.0 Å². The second-order valence-corrected chi connectivity index (χ2v) is 7.38. The number of ether oxygens (including phenoxy) is 1. The lowest BCUT2D eigenvalue weighted by Crippen LogP contribution is -2.60. The first-order valence-corrected chi connectivity index (χ1v) is 8.73. The first-order valence-electron chi connectivity index (χ1n) is 8.73. The van der Waals surface area contributed by atoms with E-state index in [2.05, 4.69) is 16.7 Å². The van der Waals surface area contributed by atoms with Crippen LogP contribution >= 0.6 is 0 Å². The Kier molecular flexibility index (Phi) is 4.68. The first-order chi connectivity index (χ1) is 9.76. The van der Waals surface area contributed by atoms with E-state index in [9.17, 15) is 0 Å². The largest absolute Gasteiger partial charge is 0.385 e. The molecule has 0 bridgehead atoms. The molecular formula is C17H32N2O. The van der Waals surface area contributed by atoms with Crippen molar-refractivity contribution in [2.24, 2.45) is 5.41 Å². The second kappa shape index (κ2) is 6.33. The van der Waals surface area contributed by atoms with Crippen molar-refractivity contribution in [1.29, 1.82) is 0 Å². The quantitative estimate of drug-likeness (QED) is 0.744. The predicted octanol–water partition coefficient (Wildman–Crippen LogP) is 2.75. The molecule has 2 unspecified atom stereocenters. The highest BCUT2D eigenvalue weighted by Crippen LogP contribution is 2.50. The number of fused-ring (bicyclic) bond motifs is 1. The summed E-state index contributed by atoms with van der Waals surface area (Å²) >= 11 is 0. The molecule has 20 heavy (non-hydrogen) atoms. The van der Waals surface area contributed by atoms with E-state index in [0.29, 0.717) is 5.41 Å². The van der Waals surface area contributed by atoms with E-state index in [1.807, 2.05) is 7.11 Å². The minimum atomic E-state index is 0.611. The van der Waals surface area contributed by atoms with Gasteiger partial charge in [0, 0.05) is 45.4 Å². The minimum Gasteiger partial charge on any atom is -0.385 e. The fraction of sp³-hybridized carbons (Fsp3) is 1.00. The van der Waals surface area contributed by atoms with Crippen LogP contribution in [-0.2, 0) is 4.74 Å². The van der Waals surface area contributed by atoms with Crippen LogP contribution in [0.15, 0.2) is 0 Å². The van der Waals surface area contributed by atoms with Gasteiger partial charge in [0.1, 0.15) is 0 Å². The predicted molar refractivity (Wildman–Crippen MR) is 83.0 cm³/mol. The number of piperidine rings is 1. The van der Waals surface area contributed by atoms with Crippen LogP contribution in [0.2, 0.25) is 0 Å². The van der Waals surface area contributed by atoms with Gasteiger partial charge in [0.05, 0.1) is 0 Å². The molecule has 3 nitrogen and oxygen atoms in total. The van der Waals surface area contributed by atoms with E-state index in [4.69, 9.17) is 4.74 Å². The summed E-state index contributed by atoms with van der Waals surface area (Å²) in [7, 11) is 1.84. The van der Waals surface area contributed by atoms with Crippen molar-refractivity contribution < 1.29 is 4.74 Å². The van der Waals surface area contributed by atoms with Gasteiger partial charge in [-0.3, -0.25) is 9.80 Å². The SMILES string of the molecule is CCC1CN2CCCCC2CN1CC1(CCOC)CC1. The van der Waals surface area contributed by atoms with E-state index >= 15 is 0 Å². The summed E-state index contributed by atoms with van der Waals surface area (Å²) in [5.41, 5.74) is 0.611. The zero-order chi connectivity index (χ0) is 14.0. The van der Waals surface area contributed by atoms with Gasteiger partial charge < -0.3 is 4.74 Å². The molecule has 0 aromatic rings. The zero-order valence-electron chi connectivity index (χ0n) is 13.4. The summed E-state index contributed by atoms with van der Waals surface area (Å²) in [5, 5.41) is 0. The molecule has 0 radical (unpaired) electrons. The zero-order valence-corrected chi connectivity index (χ0v) is 13.4. The van der Waals surface area contributed by atoms with E-state index in [-0.39, 0.29) is 0 Å². The van der Waals surface area contributed by atoms with Crippen LogP contribution in [0.25, 0.3) is 0 Å². The van der Waals surface area contributed by atoms with Crippen molar-refractivity contribution in [1.82, 2.24) is 9.80 Å². The third-order valence-electron chi connectivity index (χ3n) is 5.96. The number of rotatable bonds is 6. The summed E-state index contributed by atoms with van der Waals surface area (Å²) in [6.07, 6.45) is 9.73. The number of methoxy groups -OCH3 is 1. The molecule has 116 valence electrons. The summed E-state index contributed by atoms with van der Waals surface area (Å²) in [6, 6.07) is 1.65. The van der Waals surface area contributed by atoms with Crippen LogP contribution in [-0.4, -0.2) is 61.8 Å². The van der Waals surface area contributed by atoms with Gasteiger partial charge in [0.25, 0.3) is 0 Å². The lowest BCUT2D eigenvalue weighted by molar-refractivity contribution is -0.00496. The highest BCUT2D eigenvalue weighted by molar-refractivity contribution is 4.99. The van der Waals surface area contributed by atoms with E-state index in [1.165, 1.54) is 71.1 Å². The van der Waals surface area contributed by atoms with Gasteiger partial charge in [0.15, 0.2) is 0 Å². The Hall–Kier alpha value is -0.120. The Bertz CT molecular complexity index is 316. The standard InChI is InChI=1S/C17H32N2O/c1-3-15-12-18-10-5-4-6-16(18)13-19(15)14-17(7-8-17)9-11-20-2/h15-16H,3-14H2,1-2H3. The molecular weight excluding hydrogens is 248 g/mol. The molecule has 1 saturated carbocycles. The van der Waals surface area contributed by atoms with Crippen LogP contribution in [0.4, 0.5) is 0 Å². The fourth-order valence-electron chi connectivity index (χ4n) is 4.31. The Morgan fingerprint density at radius 2 is 2.05 bits per heavy atom. The maximum absolute atomic E-state index is 5.32. The first kappa shape index (κ1) is 14.8. The minimum absolute atomic E-state index is 0.611. The van der Waals surface area contributed by atoms with Gasteiger partial charge in [0.2, 0.25) is 0 Å². The third-order valence-corrected chi connectivity index (χ3v) is 5.96. The summed E-state index contributed by atoms with van der Waals surface area (Å²) in [5.74, 6) is 0. The molecule has 0 spiro atoms. The van der Waals surface area contributed by atoms with Crippen molar-refractivity contribution in [3.05, 3.63) is 0 Å². The van der Waals surface area contributed by atoms with Crippen molar-refractivity contribution >= 4 is 0 Å². The van der Waals surface area contributed by atoms with Crippen LogP contribution < -0.4 is 0 Å². The van der Waals surface area contributed by atoms with E-state index in [0.717, 1.165) is 18.7 Å². The van der Waals surface area contributed by atoms with Gasteiger partial charge in [-0.05, 0) is 50.5 Å². The summed E-state index contributed by atoms with van der Waals surface area (Å²) in [6.45, 7) is 8.65. The molecule has 0 aromatic heterocycles. The number of piperazine rings is 1. The van der Waals surface area contributed by atoms with Crippen molar-refractivity contribution in [3.8, 4) is 0 Å². The monoisotopic (exact) mass is 280 g/mol. The summed E-state index contributed by atoms with van der Waals surface area (Å²) in [4.78, 5) is 5.62. The van der Waals surface area contributed by atoms with Crippen molar-refractivity contribution in [3.63, 3.8) is 0 Å². The Morgan fingerprint density at radius 3 is 2.75 bits per heavy atom. The van der Waals surface area contributed by atoms with E-state index < -0.39 is 0 Å². The molecule has 1 aliphatic carbocycles. The van der Waals surface area contributed by atoms with Gasteiger partial charge >= 0.3 is 0 Å². The third kappa shape index (κ3) is 3.20. The molecule has 3 heteroatoms. The highest BCUT2D eigenvalue weighted by Gasteiger charge is 2.46. The Balaban J connectivity index is 1.59. The van der Waals surface area contributed by atoms with Crippen LogP contribution in [0, 0.1) is 5.41 Å². The maximum Gasteiger partial charge on any atom is 0.0468 e. The average molecular weight is 280 g/mol. The van der Waals surface area contributed by atoms with Crippen molar-refractivity contribution in [2.75, 3.05) is 39.9 Å². The molecule has 0 N–H and O–H groups in total. The fourth-order valence-corrected chi connectivity index (χ4v) is 4.31. The molecule has 3 rings (SSSR count). The maximum atomic E-state index is 5.32. The molecule has 3 fully saturated rings. The smallest absolute Gasteiger partial charge is 0.0468 e. The lowest BCUT2D eigenvalue weighted by atomic mass is 9.93.